The summed E-state index contributed by atoms with van der Waals surface area (Å²) < 4.78 is 1.82. The maximum atomic E-state index is 13.3. The van der Waals surface area contributed by atoms with Crippen molar-refractivity contribution in [2.45, 2.75) is 13.0 Å². The molecule has 0 saturated carbocycles. The molecule has 33 heavy (non-hydrogen) atoms. The highest BCUT2D eigenvalue weighted by atomic mass is 16.1. The zero-order chi connectivity index (χ0) is 24.1. The molecule has 0 aliphatic rings. The van der Waals surface area contributed by atoms with Crippen molar-refractivity contribution in [2.24, 2.45) is 12.8 Å². The number of hydrogen-bond donors (Lipinski definition) is 5. The minimum atomic E-state index is -0.282. The Labute approximate surface area is 192 Å². The molecule has 0 fully saturated rings. The van der Waals surface area contributed by atoms with Gasteiger partial charge in [0.25, 0.3) is 0 Å². The lowest BCUT2D eigenvalue weighted by Gasteiger charge is -2.19. The van der Waals surface area contributed by atoms with Crippen molar-refractivity contribution < 1.29 is 4.79 Å². The summed E-state index contributed by atoms with van der Waals surface area (Å²) in [5.74, 6) is -0.295. The molecule has 1 aromatic heterocycles. The molecule has 0 aliphatic heterocycles. The summed E-state index contributed by atoms with van der Waals surface area (Å²) in [6.07, 6.45) is 1.62. The normalized spacial score (nSPS) is 10.8. The molecule has 1 heterocycles. The highest BCUT2D eigenvalue weighted by molar-refractivity contribution is 5.94. The van der Waals surface area contributed by atoms with E-state index in [1.165, 1.54) is 0 Å². The van der Waals surface area contributed by atoms with E-state index in [2.05, 4.69) is 10.7 Å². The molecule has 3 rings (SSSR count). The molecule has 0 atom stereocenters. The molecule has 0 spiro atoms. The van der Waals surface area contributed by atoms with Crippen molar-refractivity contribution in [3.05, 3.63) is 81.6 Å². The van der Waals surface area contributed by atoms with Crippen molar-refractivity contribution in [3.63, 3.8) is 0 Å². The number of rotatable bonds is 8. The number of hydrazine groups is 1. The third-order valence-corrected chi connectivity index (χ3v) is 5.08. The molecule has 9 nitrogen and oxygen atoms in total. The zero-order valence-electron chi connectivity index (χ0n) is 19.0. The van der Waals surface area contributed by atoms with Gasteiger partial charge >= 0.3 is 0 Å². The van der Waals surface area contributed by atoms with E-state index in [0.29, 0.717) is 34.7 Å². The Balaban J connectivity index is 1.90. The van der Waals surface area contributed by atoms with Crippen LogP contribution in [0, 0.1) is 5.41 Å². The van der Waals surface area contributed by atoms with E-state index in [4.69, 9.17) is 16.9 Å². The number of anilines is 2. The lowest BCUT2D eigenvalue weighted by molar-refractivity contribution is -0.120. The Morgan fingerprint density at radius 2 is 1.85 bits per heavy atom. The van der Waals surface area contributed by atoms with Crippen LogP contribution < -0.4 is 27.6 Å². The molecule has 7 N–H and O–H groups in total. The summed E-state index contributed by atoms with van der Waals surface area (Å²) in [7, 11) is 5.40. The monoisotopic (exact) mass is 447 g/mol. The Kier molecular flexibility index (Phi) is 7.14. The largest absolute Gasteiger partial charge is 0.399 e. The second kappa shape index (κ2) is 10.0. The van der Waals surface area contributed by atoms with E-state index in [0.717, 1.165) is 11.1 Å². The predicted octanol–water partition coefficient (Wildman–Crippen LogP) is 1.67. The fourth-order valence-corrected chi connectivity index (χ4v) is 3.57. The number of nitrogen functional groups attached to an aromatic ring is 2. The molecule has 0 bridgehead atoms. The van der Waals surface area contributed by atoms with Gasteiger partial charge in [-0.1, -0.05) is 36.4 Å². The Bertz CT molecular complexity index is 1230. The minimum Gasteiger partial charge on any atom is -0.399 e. The van der Waals surface area contributed by atoms with E-state index in [1.54, 1.807) is 61.7 Å². The topological polar surface area (TPSA) is 142 Å². The van der Waals surface area contributed by atoms with Crippen molar-refractivity contribution in [3.8, 4) is 11.3 Å². The fraction of sp³-hybridized carbons (Fsp3) is 0.208. The number of carbonyl (C=O) groups excluding carboxylic acids is 1. The van der Waals surface area contributed by atoms with Crippen LogP contribution in [0.3, 0.4) is 0 Å². The van der Waals surface area contributed by atoms with Crippen LogP contribution in [-0.4, -0.2) is 35.4 Å². The smallest absolute Gasteiger partial charge is 0.224 e. The van der Waals surface area contributed by atoms with E-state index < -0.39 is 0 Å². The van der Waals surface area contributed by atoms with Gasteiger partial charge in [0.15, 0.2) is 0 Å². The van der Waals surface area contributed by atoms with E-state index >= 15 is 0 Å². The summed E-state index contributed by atoms with van der Waals surface area (Å²) in [5, 5.41) is 12.0. The van der Waals surface area contributed by atoms with Crippen LogP contribution in [-0.2, 0) is 24.8 Å². The standard InChI is InChI=1S/C24H29N7O2/c1-30(2)29-20-14-31(3)22(17-5-4-6-18(25)11-17)19(23(20)33)12-21(32)28-13-15-7-9-16(10-8-15)24(26)27/h4-11,14,29H,12-13,25H2,1-3H3,(H3,26,27)(H,28,32). The van der Waals surface area contributed by atoms with Crippen LogP contribution >= 0.6 is 0 Å². The molecule has 3 aromatic rings. The van der Waals surface area contributed by atoms with Crippen molar-refractivity contribution in [1.82, 2.24) is 14.9 Å². The number of benzene rings is 2. The fourth-order valence-electron chi connectivity index (χ4n) is 3.57. The van der Waals surface area contributed by atoms with E-state index in [1.807, 2.05) is 23.7 Å². The third kappa shape index (κ3) is 5.78. The molecular formula is C24H29N7O2. The van der Waals surface area contributed by atoms with Crippen LogP contribution in [0.15, 0.2) is 59.5 Å². The first kappa shape index (κ1) is 23.6. The number of amidine groups is 1. The van der Waals surface area contributed by atoms with Crippen molar-refractivity contribution >= 4 is 23.1 Å². The summed E-state index contributed by atoms with van der Waals surface area (Å²) in [6, 6.07) is 14.3. The summed E-state index contributed by atoms with van der Waals surface area (Å²) in [4.78, 5) is 26.1. The van der Waals surface area contributed by atoms with Crippen LogP contribution in [0.1, 0.15) is 16.7 Å². The maximum Gasteiger partial charge on any atom is 0.224 e. The Hall–Kier alpha value is -4.11. The Morgan fingerprint density at radius 1 is 1.15 bits per heavy atom. The van der Waals surface area contributed by atoms with Gasteiger partial charge in [0, 0.05) is 56.3 Å². The second-order valence-electron chi connectivity index (χ2n) is 8.01. The number of pyridine rings is 1. The first-order valence-electron chi connectivity index (χ1n) is 10.4. The number of aromatic nitrogens is 1. The molecule has 0 unspecified atom stereocenters. The first-order chi connectivity index (χ1) is 15.7. The summed E-state index contributed by atoms with van der Waals surface area (Å²) in [5.41, 5.74) is 18.4. The molecule has 9 heteroatoms. The van der Waals surface area contributed by atoms with Crippen molar-refractivity contribution in [2.75, 3.05) is 25.3 Å². The number of nitrogens with one attached hydrogen (secondary N) is 3. The maximum absolute atomic E-state index is 13.3. The van der Waals surface area contributed by atoms with Gasteiger partial charge in [0.05, 0.1) is 12.1 Å². The second-order valence-corrected chi connectivity index (χ2v) is 8.01. The van der Waals surface area contributed by atoms with Gasteiger partial charge in [-0.2, -0.15) is 0 Å². The van der Waals surface area contributed by atoms with Crippen LogP contribution in [0.25, 0.3) is 11.3 Å². The average Bonchev–Trinajstić information content (AvgIpc) is 2.75. The molecule has 1 amide bonds. The number of carbonyl (C=O) groups is 1. The summed E-state index contributed by atoms with van der Waals surface area (Å²) in [6.45, 7) is 0.292. The number of amides is 1. The van der Waals surface area contributed by atoms with Gasteiger partial charge in [0.1, 0.15) is 11.5 Å². The molecule has 0 aliphatic carbocycles. The van der Waals surface area contributed by atoms with Crippen LogP contribution in [0.2, 0.25) is 0 Å². The van der Waals surface area contributed by atoms with Crippen molar-refractivity contribution in [1.29, 1.82) is 5.41 Å². The zero-order valence-corrected chi connectivity index (χ0v) is 19.0. The number of aryl methyl sites for hydroxylation is 1. The van der Waals surface area contributed by atoms with E-state index in [9.17, 15) is 9.59 Å². The van der Waals surface area contributed by atoms with Gasteiger partial charge in [-0.25, -0.2) is 5.01 Å². The van der Waals surface area contributed by atoms with E-state index in [-0.39, 0.29) is 23.6 Å². The van der Waals surface area contributed by atoms with Gasteiger partial charge < -0.3 is 26.8 Å². The lowest BCUT2D eigenvalue weighted by Crippen LogP contribution is -2.31. The summed E-state index contributed by atoms with van der Waals surface area (Å²) >= 11 is 0. The van der Waals surface area contributed by atoms with Gasteiger partial charge in [-0.3, -0.25) is 15.0 Å². The predicted molar refractivity (Wildman–Crippen MR) is 132 cm³/mol. The van der Waals surface area contributed by atoms with Gasteiger partial charge in [-0.05, 0) is 17.7 Å². The minimum absolute atomic E-state index is 0.0123. The van der Waals surface area contributed by atoms with Gasteiger partial charge in [0.2, 0.25) is 11.3 Å². The average molecular weight is 448 g/mol. The SMILES string of the molecule is CN(C)Nc1cn(C)c(-c2cccc(N)c2)c(CC(=O)NCc2ccc(C(=N)N)cc2)c1=O. The molecule has 172 valence electrons. The Morgan fingerprint density at radius 3 is 2.45 bits per heavy atom. The highest BCUT2D eigenvalue weighted by Gasteiger charge is 2.19. The molecular weight excluding hydrogens is 418 g/mol. The van der Waals surface area contributed by atoms with Gasteiger partial charge in [-0.15, -0.1) is 0 Å². The number of nitrogens with zero attached hydrogens (tertiary/aromatic N) is 2. The third-order valence-electron chi connectivity index (χ3n) is 5.08. The van der Waals surface area contributed by atoms with Crippen LogP contribution in [0.4, 0.5) is 11.4 Å². The molecule has 0 saturated heterocycles. The highest BCUT2D eigenvalue weighted by Crippen LogP contribution is 2.25. The van der Waals surface area contributed by atoms with Crippen LogP contribution in [0.5, 0.6) is 0 Å². The number of nitrogens with two attached hydrogens (primary N) is 2. The molecule has 2 aromatic carbocycles. The first-order valence-corrected chi connectivity index (χ1v) is 10.4. The molecule has 0 radical (unpaired) electrons. The quantitative estimate of drug-likeness (QED) is 0.154. The lowest BCUT2D eigenvalue weighted by atomic mass is 10.0. The number of hydrogen-bond acceptors (Lipinski definition) is 6.